The predicted molar refractivity (Wildman–Crippen MR) is 82.6 cm³/mol. The topological polar surface area (TPSA) is 27.7 Å². The molecule has 4 heteroatoms. The van der Waals surface area contributed by atoms with Crippen LogP contribution in [0.4, 0.5) is 0 Å². The summed E-state index contributed by atoms with van der Waals surface area (Å²) in [5.74, 6) is 0.568. The number of ether oxygens (including phenoxy) is 1. The summed E-state index contributed by atoms with van der Waals surface area (Å²) in [6, 6.07) is 0. The number of rotatable bonds is 3. The third-order valence-electron chi connectivity index (χ3n) is 5.51. The number of allylic oxidation sites excluding steroid dienone is 2. The zero-order valence-corrected chi connectivity index (χ0v) is 14.1. The van der Waals surface area contributed by atoms with Gasteiger partial charge in [-0.25, -0.2) is 0 Å². The van der Waals surface area contributed by atoms with Crippen LogP contribution >= 0.6 is 0 Å². The van der Waals surface area contributed by atoms with Gasteiger partial charge in [-0.05, 0) is 72.2 Å². The number of methoxy groups -OCH3 is 1. The van der Waals surface area contributed by atoms with Gasteiger partial charge in [0.25, 0.3) is 0 Å². The molecular weight excluding hydrogens is 251 g/mol. The fraction of sp³-hybridized carbons (Fsp3) is 0.875. The summed E-state index contributed by atoms with van der Waals surface area (Å²) < 4.78 is 17.9. The van der Waals surface area contributed by atoms with Gasteiger partial charge in [-0.3, -0.25) is 0 Å². The minimum absolute atomic E-state index is 0.0576. The normalized spacial score (nSPS) is 29.4. The average Bonchev–Trinajstić information content (AvgIpc) is 2.59. The first-order chi connectivity index (χ1) is 9.09. The van der Waals surface area contributed by atoms with Crippen LogP contribution in [-0.2, 0) is 14.0 Å². The third kappa shape index (κ3) is 2.83. The second-order valence-corrected chi connectivity index (χ2v) is 7.65. The number of hydrogen-bond acceptors (Lipinski definition) is 3. The van der Waals surface area contributed by atoms with Crippen molar-refractivity contribution in [1.29, 1.82) is 0 Å². The van der Waals surface area contributed by atoms with Crippen LogP contribution in [0.1, 0.15) is 60.8 Å². The molecule has 3 nitrogen and oxygen atoms in total. The molecule has 20 heavy (non-hydrogen) atoms. The van der Waals surface area contributed by atoms with Gasteiger partial charge >= 0.3 is 7.12 Å². The molecule has 114 valence electrons. The summed E-state index contributed by atoms with van der Waals surface area (Å²) in [5, 5.41) is 0. The summed E-state index contributed by atoms with van der Waals surface area (Å²) in [7, 11) is 1.62. The fourth-order valence-corrected chi connectivity index (χ4v) is 2.86. The standard InChI is InChI=1S/C16H29BO3/c1-14(2,18-7)12-8-10-13(11-9-12)17-19-15(3,4)16(5,6)20-17/h10,12H,8-9,11H2,1-7H3. The lowest BCUT2D eigenvalue weighted by molar-refractivity contribution is -0.0311. The molecule has 0 aromatic carbocycles. The Balaban J connectivity index is 2.04. The van der Waals surface area contributed by atoms with Crippen molar-refractivity contribution in [2.24, 2.45) is 5.92 Å². The predicted octanol–water partition coefficient (Wildman–Crippen LogP) is 3.77. The van der Waals surface area contributed by atoms with E-state index in [1.165, 1.54) is 5.47 Å². The van der Waals surface area contributed by atoms with Crippen LogP contribution in [0.5, 0.6) is 0 Å². The van der Waals surface area contributed by atoms with E-state index in [2.05, 4.69) is 47.6 Å². The first-order valence-corrected chi connectivity index (χ1v) is 7.69. The molecule has 1 unspecified atom stereocenters. The molecule has 0 radical (unpaired) electrons. The van der Waals surface area contributed by atoms with Crippen LogP contribution < -0.4 is 0 Å². The van der Waals surface area contributed by atoms with Gasteiger partial charge in [-0.2, -0.15) is 0 Å². The van der Waals surface area contributed by atoms with Crippen LogP contribution in [0.15, 0.2) is 11.5 Å². The van der Waals surface area contributed by atoms with Crippen molar-refractivity contribution >= 4 is 7.12 Å². The van der Waals surface area contributed by atoms with Crippen molar-refractivity contribution in [3.05, 3.63) is 11.5 Å². The Morgan fingerprint density at radius 1 is 1.20 bits per heavy atom. The van der Waals surface area contributed by atoms with Crippen molar-refractivity contribution in [2.45, 2.75) is 77.6 Å². The summed E-state index contributed by atoms with van der Waals surface area (Å²) in [6.07, 6.45) is 5.52. The minimum atomic E-state index is -0.249. The Hall–Kier alpha value is -0.315. The van der Waals surface area contributed by atoms with Crippen LogP contribution in [0.2, 0.25) is 0 Å². The lowest BCUT2D eigenvalue weighted by Gasteiger charge is -2.35. The molecule has 1 heterocycles. The van der Waals surface area contributed by atoms with Gasteiger partial charge in [0.1, 0.15) is 0 Å². The fourth-order valence-electron chi connectivity index (χ4n) is 2.86. The summed E-state index contributed by atoms with van der Waals surface area (Å²) in [5.41, 5.74) is 0.743. The van der Waals surface area contributed by atoms with Crippen molar-refractivity contribution in [1.82, 2.24) is 0 Å². The number of hydrogen-bond donors (Lipinski definition) is 0. The van der Waals surface area contributed by atoms with Gasteiger partial charge in [0.05, 0.1) is 16.8 Å². The molecule has 0 bridgehead atoms. The van der Waals surface area contributed by atoms with Gasteiger partial charge in [0.2, 0.25) is 0 Å². The highest BCUT2D eigenvalue weighted by Gasteiger charge is 2.52. The highest BCUT2D eigenvalue weighted by atomic mass is 16.7. The molecule has 0 amide bonds. The van der Waals surface area contributed by atoms with Gasteiger partial charge < -0.3 is 14.0 Å². The lowest BCUT2D eigenvalue weighted by Crippen LogP contribution is -2.41. The molecule has 1 fully saturated rings. The van der Waals surface area contributed by atoms with Crippen molar-refractivity contribution in [3.8, 4) is 0 Å². The summed E-state index contributed by atoms with van der Waals surface area (Å²) in [6.45, 7) is 12.8. The molecule has 1 saturated heterocycles. The van der Waals surface area contributed by atoms with Crippen LogP contribution in [0.3, 0.4) is 0 Å². The van der Waals surface area contributed by atoms with Crippen molar-refractivity contribution < 1.29 is 14.0 Å². The van der Waals surface area contributed by atoms with Crippen LogP contribution in [-0.4, -0.2) is 31.0 Å². The molecular formula is C16H29BO3. The molecule has 1 atom stereocenters. The first kappa shape index (κ1) is 16.1. The summed E-state index contributed by atoms with van der Waals surface area (Å²) in [4.78, 5) is 0. The maximum atomic E-state index is 6.13. The monoisotopic (exact) mass is 280 g/mol. The molecule has 0 aromatic rings. The molecule has 1 aliphatic heterocycles. The Bertz CT molecular complexity index is 383. The molecule has 2 rings (SSSR count). The van der Waals surface area contributed by atoms with Gasteiger partial charge in [0.15, 0.2) is 0 Å². The quantitative estimate of drug-likeness (QED) is 0.736. The first-order valence-electron chi connectivity index (χ1n) is 7.69. The summed E-state index contributed by atoms with van der Waals surface area (Å²) >= 11 is 0. The lowest BCUT2D eigenvalue weighted by atomic mass is 9.68. The van der Waals surface area contributed by atoms with Crippen molar-refractivity contribution in [2.75, 3.05) is 7.11 Å². The Morgan fingerprint density at radius 2 is 1.75 bits per heavy atom. The molecule has 1 aliphatic carbocycles. The largest absolute Gasteiger partial charge is 0.490 e. The van der Waals surface area contributed by atoms with E-state index in [0.29, 0.717) is 5.92 Å². The Kier molecular flexibility index (Phi) is 4.14. The van der Waals surface area contributed by atoms with E-state index in [9.17, 15) is 0 Å². The Labute approximate surface area is 124 Å². The van der Waals surface area contributed by atoms with Gasteiger partial charge in [0, 0.05) is 7.11 Å². The molecule has 0 aromatic heterocycles. The highest BCUT2D eigenvalue weighted by Crippen LogP contribution is 2.42. The van der Waals surface area contributed by atoms with Gasteiger partial charge in [-0.1, -0.05) is 6.08 Å². The van der Waals surface area contributed by atoms with E-state index in [0.717, 1.165) is 19.3 Å². The Morgan fingerprint density at radius 3 is 2.15 bits per heavy atom. The molecule has 0 saturated carbocycles. The highest BCUT2D eigenvalue weighted by molar-refractivity contribution is 6.54. The van der Waals surface area contributed by atoms with E-state index >= 15 is 0 Å². The second-order valence-electron chi connectivity index (χ2n) is 7.65. The van der Waals surface area contributed by atoms with Crippen LogP contribution in [0.25, 0.3) is 0 Å². The maximum Gasteiger partial charge on any atom is 0.490 e. The molecule has 2 aliphatic rings. The SMILES string of the molecule is COC(C)(C)C1CC=C(B2OC(C)(C)C(C)(C)O2)CC1. The van der Waals surface area contributed by atoms with E-state index in [-0.39, 0.29) is 23.9 Å². The van der Waals surface area contributed by atoms with Crippen LogP contribution in [0, 0.1) is 5.92 Å². The van der Waals surface area contributed by atoms with E-state index in [4.69, 9.17) is 14.0 Å². The third-order valence-corrected chi connectivity index (χ3v) is 5.51. The van der Waals surface area contributed by atoms with E-state index in [1.807, 2.05) is 0 Å². The smallest absolute Gasteiger partial charge is 0.400 e. The van der Waals surface area contributed by atoms with E-state index < -0.39 is 0 Å². The van der Waals surface area contributed by atoms with Crippen molar-refractivity contribution in [3.63, 3.8) is 0 Å². The maximum absolute atomic E-state index is 6.13. The van der Waals surface area contributed by atoms with E-state index in [1.54, 1.807) is 7.11 Å². The minimum Gasteiger partial charge on any atom is -0.400 e. The van der Waals surface area contributed by atoms with Gasteiger partial charge in [-0.15, -0.1) is 0 Å². The average molecular weight is 280 g/mol. The molecule has 0 spiro atoms. The second kappa shape index (κ2) is 5.15. The zero-order valence-electron chi connectivity index (χ0n) is 14.1. The zero-order chi connectivity index (χ0) is 15.2. The molecule has 0 N–H and O–H groups in total.